The summed E-state index contributed by atoms with van der Waals surface area (Å²) in [7, 11) is 4.35. The normalized spacial score (nSPS) is 10.6. The first kappa shape index (κ1) is 15.7. The number of methoxy groups -OCH3 is 3. The van der Waals surface area contributed by atoms with Gasteiger partial charge in [0, 0.05) is 11.6 Å². The molecule has 0 saturated carbocycles. The number of benzene rings is 2. The lowest BCUT2D eigenvalue weighted by Crippen LogP contribution is -2.02. The van der Waals surface area contributed by atoms with E-state index in [1.807, 2.05) is 0 Å². The molecule has 0 spiro atoms. The molecule has 124 valence electrons. The van der Waals surface area contributed by atoms with Crippen LogP contribution in [0.4, 0.5) is 0 Å². The molecule has 0 aliphatic heterocycles. The maximum Gasteiger partial charge on any atom is 0.208 e. The lowest BCUT2D eigenvalue weighted by molar-refractivity contribution is 0.339. The molecule has 0 atom stereocenters. The number of aromatic hydroxyl groups is 1. The van der Waals surface area contributed by atoms with E-state index in [-0.39, 0.29) is 33.6 Å². The fourth-order valence-electron chi connectivity index (χ4n) is 2.47. The summed E-state index contributed by atoms with van der Waals surface area (Å²) < 4.78 is 21.2. The highest BCUT2D eigenvalue weighted by molar-refractivity contribution is 5.89. The van der Waals surface area contributed by atoms with Gasteiger partial charge in [-0.25, -0.2) is 0 Å². The number of hydrogen-bond acceptors (Lipinski definition) is 6. The van der Waals surface area contributed by atoms with Gasteiger partial charge in [0.05, 0.1) is 26.7 Å². The molecule has 0 aliphatic rings. The molecular formula is C18H16O6. The van der Waals surface area contributed by atoms with E-state index >= 15 is 0 Å². The van der Waals surface area contributed by atoms with E-state index in [4.69, 9.17) is 18.6 Å². The van der Waals surface area contributed by atoms with Gasteiger partial charge in [0.1, 0.15) is 11.5 Å². The lowest BCUT2D eigenvalue weighted by atomic mass is 10.1. The number of hydrogen-bond donors (Lipinski definition) is 1. The highest BCUT2D eigenvalue weighted by Crippen LogP contribution is 2.42. The van der Waals surface area contributed by atoms with E-state index in [0.717, 1.165) is 0 Å². The van der Waals surface area contributed by atoms with E-state index in [0.29, 0.717) is 17.1 Å². The largest absolute Gasteiger partial charge is 0.502 e. The number of ether oxygens (including phenoxy) is 3. The molecule has 0 unspecified atom stereocenters. The van der Waals surface area contributed by atoms with Gasteiger partial charge >= 0.3 is 0 Å². The molecule has 3 rings (SSSR count). The molecule has 0 fully saturated rings. The van der Waals surface area contributed by atoms with Crippen LogP contribution >= 0.6 is 0 Å². The Morgan fingerprint density at radius 2 is 1.67 bits per heavy atom. The van der Waals surface area contributed by atoms with Crippen LogP contribution in [-0.2, 0) is 0 Å². The Kier molecular flexibility index (Phi) is 4.04. The third-order valence-electron chi connectivity index (χ3n) is 3.71. The van der Waals surface area contributed by atoms with Gasteiger partial charge in [-0.1, -0.05) is 0 Å². The first-order valence-electron chi connectivity index (χ1n) is 7.15. The van der Waals surface area contributed by atoms with Gasteiger partial charge in [-0.2, -0.15) is 0 Å². The summed E-state index contributed by atoms with van der Waals surface area (Å²) >= 11 is 0. The van der Waals surface area contributed by atoms with Crippen molar-refractivity contribution in [1.82, 2.24) is 0 Å². The molecule has 1 heterocycles. The maximum absolute atomic E-state index is 12.5. The van der Waals surface area contributed by atoms with Crippen LogP contribution in [0, 0.1) is 0 Å². The molecule has 0 amide bonds. The van der Waals surface area contributed by atoms with Crippen molar-refractivity contribution in [2.24, 2.45) is 0 Å². The highest BCUT2D eigenvalue weighted by Gasteiger charge is 2.19. The van der Waals surface area contributed by atoms with Crippen molar-refractivity contribution >= 4 is 11.0 Å². The molecule has 3 aromatic rings. The highest BCUT2D eigenvalue weighted by atomic mass is 16.5. The number of fused-ring (bicyclic) bond motifs is 1. The van der Waals surface area contributed by atoms with Crippen LogP contribution in [0.15, 0.2) is 45.6 Å². The Balaban J connectivity index is 2.27. The molecule has 6 nitrogen and oxygen atoms in total. The van der Waals surface area contributed by atoms with E-state index < -0.39 is 0 Å². The zero-order valence-corrected chi connectivity index (χ0v) is 13.5. The quantitative estimate of drug-likeness (QED) is 0.792. The van der Waals surface area contributed by atoms with Gasteiger partial charge in [0.25, 0.3) is 0 Å². The molecule has 0 aliphatic carbocycles. The minimum atomic E-state index is -0.265. The predicted octanol–water partition coefficient (Wildman–Crippen LogP) is 3.19. The van der Waals surface area contributed by atoms with Crippen molar-refractivity contribution < 1.29 is 23.7 Å². The minimum absolute atomic E-state index is 0.0526. The molecule has 6 heteroatoms. The van der Waals surface area contributed by atoms with E-state index in [1.54, 1.807) is 31.4 Å². The fourth-order valence-corrected chi connectivity index (χ4v) is 2.47. The van der Waals surface area contributed by atoms with Crippen molar-refractivity contribution in [2.75, 3.05) is 21.3 Å². The average molecular weight is 328 g/mol. The summed E-state index contributed by atoms with van der Waals surface area (Å²) in [5, 5.41) is 10.4. The smallest absolute Gasteiger partial charge is 0.208 e. The van der Waals surface area contributed by atoms with Crippen molar-refractivity contribution in [2.45, 2.75) is 0 Å². The molecule has 1 aromatic heterocycles. The SMILES string of the molecule is COc1ccc(-c2cc(=O)c3cc(OC)c(O)c(OC)c3o2)cc1. The Hall–Kier alpha value is -3.15. The van der Waals surface area contributed by atoms with Crippen molar-refractivity contribution in [3.63, 3.8) is 0 Å². The first-order valence-corrected chi connectivity index (χ1v) is 7.15. The predicted molar refractivity (Wildman–Crippen MR) is 89.2 cm³/mol. The third kappa shape index (κ3) is 2.52. The Bertz CT molecular complexity index is 940. The van der Waals surface area contributed by atoms with Crippen LogP contribution < -0.4 is 19.6 Å². The maximum atomic E-state index is 12.5. The number of phenolic OH excluding ortho intramolecular Hbond substituents is 1. The van der Waals surface area contributed by atoms with Crippen molar-refractivity contribution in [1.29, 1.82) is 0 Å². The van der Waals surface area contributed by atoms with Crippen LogP contribution in [0.25, 0.3) is 22.3 Å². The van der Waals surface area contributed by atoms with E-state index in [1.165, 1.54) is 26.4 Å². The first-order chi connectivity index (χ1) is 11.6. The van der Waals surface area contributed by atoms with Gasteiger partial charge in [0.15, 0.2) is 16.8 Å². The van der Waals surface area contributed by atoms with Gasteiger partial charge in [-0.05, 0) is 30.3 Å². The average Bonchev–Trinajstić information content (AvgIpc) is 2.61. The van der Waals surface area contributed by atoms with Gasteiger partial charge < -0.3 is 23.7 Å². The Morgan fingerprint density at radius 1 is 0.958 bits per heavy atom. The molecular weight excluding hydrogens is 312 g/mol. The third-order valence-corrected chi connectivity index (χ3v) is 3.71. The molecule has 24 heavy (non-hydrogen) atoms. The molecule has 0 bridgehead atoms. The second kappa shape index (κ2) is 6.16. The number of phenols is 1. The summed E-state index contributed by atoms with van der Waals surface area (Å²) in [5.41, 5.74) is 0.597. The monoisotopic (exact) mass is 328 g/mol. The molecule has 0 saturated heterocycles. The summed E-state index contributed by atoms with van der Waals surface area (Å²) in [6, 6.07) is 9.90. The molecule has 2 aromatic carbocycles. The van der Waals surface area contributed by atoms with E-state index in [9.17, 15) is 9.90 Å². The number of rotatable bonds is 4. The molecule has 1 N–H and O–H groups in total. The van der Waals surface area contributed by atoms with Crippen molar-refractivity contribution in [3.05, 3.63) is 46.6 Å². The van der Waals surface area contributed by atoms with Crippen LogP contribution in [0.1, 0.15) is 0 Å². The Morgan fingerprint density at radius 3 is 2.25 bits per heavy atom. The second-order valence-corrected chi connectivity index (χ2v) is 5.04. The van der Waals surface area contributed by atoms with E-state index in [2.05, 4.69) is 0 Å². The standard InChI is InChI=1S/C18H16O6/c1-21-11-6-4-10(5-7-11)14-9-13(19)12-8-15(22-2)16(20)18(23-3)17(12)24-14/h4-9,20H,1-3H3. The minimum Gasteiger partial charge on any atom is -0.502 e. The fraction of sp³-hybridized carbons (Fsp3) is 0.167. The Labute approximate surface area is 137 Å². The topological polar surface area (TPSA) is 78.1 Å². The zero-order chi connectivity index (χ0) is 17.3. The van der Waals surface area contributed by atoms with Crippen LogP contribution in [0.2, 0.25) is 0 Å². The van der Waals surface area contributed by atoms with Gasteiger partial charge in [0.2, 0.25) is 11.5 Å². The summed E-state index contributed by atoms with van der Waals surface area (Å²) in [5.74, 6) is 1.03. The summed E-state index contributed by atoms with van der Waals surface area (Å²) in [6.45, 7) is 0. The van der Waals surface area contributed by atoms with Crippen LogP contribution in [0.5, 0.6) is 23.0 Å². The van der Waals surface area contributed by atoms with Crippen LogP contribution in [0.3, 0.4) is 0 Å². The lowest BCUT2D eigenvalue weighted by Gasteiger charge is -2.11. The van der Waals surface area contributed by atoms with Gasteiger partial charge in [-0.3, -0.25) is 4.79 Å². The van der Waals surface area contributed by atoms with Crippen LogP contribution in [-0.4, -0.2) is 26.4 Å². The summed E-state index contributed by atoms with van der Waals surface area (Å²) in [6.07, 6.45) is 0. The summed E-state index contributed by atoms with van der Waals surface area (Å²) in [4.78, 5) is 12.5. The zero-order valence-electron chi connectivity index (χ0n) is 13.5. The second-order valence-electron chi connectivity index (χ2n) is 5.04. The van der Waals surface area contributed by atoms with Crippen molar-refractivity contribution in [3.8, 4) is 34.3 Å². The van der Waals surface area contributed by atoms with Gasteiger partial charge in [-0.15, -0.1) is 0 Å². The molecule has 0 radical (unpaired) electrons.